The Kier molecular flexibility index (Phi) is 2.48. The van der Waals surface area contributed by atoms with E-state index in [0.717, 1.165) is 32.8 Å². The zero-order valence-electron chi connectivity index (χ0n) is 12.9. The Bertz CT molecular complexity index is 1340. The van der Waals surface area contributed by atoms with Crippen LogP contribution >= 0.6 is 0 Å². The smallest absolute Gasteiger partial charge is 0.292 e. The van der Waals surface area contributed by atoms with Crippen molar-refractivity contribution in [2.75, 3.05) is 0 Å². The Balaban J connectivity index is 2.12. The fourth-order valence-electron chi connectivity index (χ4n) is 3.32. The number of aromatic amines is 1. The maximum Gasteiger partial charge on any atom is 0.292 e. The average molecular weight is 315 g/mol. The predicted octanol–water partition coefficient (Wildman–Crippen LogP) is 1.61. The highest BCUT2D eigenvalue weighted by Crippen LogP contribution is 2.22. The van der Waals surface area contributed by atoms with E-state index in [9.17, 15) is 4.79 Å². The van der Waals surface area contributed by atoms with Crippen LogP contribution in [0.2, 0.25) is 0 Å². The Hall–Kier alpha value is -3.41. The summed E-state index contributed by atoms with van der Waals surface area (Å²) in [6.45, 7) is 0. The third-order valence-electron chi connectivity index (χ3n) is 4.43. The number of nitrogens with zero attached hydrogens (tertiary/aromatic N) is 4. The third kappa shape index (κ3) is 1.62. The fraction of sp³-hybridized carbons (Fsp3) is 0.0556. The average Bonchev–Trinajstić information content (AvgIpc) is 3.28. The maximum absolute atomic E-state index is 12.3. The molecule has 0 aliphatic heterocycles. The normalized spacial score (nSPS) is 12.8. The molecule has 3 aromatic heterocycles. The molecular formula is C18H13N5O. The number of H-pyrrole nitrogens is 1. The summed E-state index contributed by atoms with van der Waals surface area (Å²) >= 11 is 0. The highest BCUT2D eigenvalue weighted by Gasteiger charge is 2.14. The van der Waals surface area contributed by atoms with E-state index < -0.39 is 0 Å². The third-order valence-corrected chi connectivity index (χ3v) is 4.43. The Morgan fingerprint density at radius 1 is 1.08 bits per heavy atom. The monoisotopic (exact) mass is 315 g/mol. The molecule has 3 heterocycles. The summed E-state index contributed by atoms with van der Waals surface area (Å²) in [5.74, 6) is 0.854. The second-order valence-electron chi connectivity index (χ2n) is 5.80. The minimum absolute atomic E-state index is 0.188. The van der Waals surface area contributed by atoms with Crippen LogP contribution in [-0.4, -0.2) is 23.9 Å². The molecule has 0 aliphatic carbocycles. The summed E-state index contributed by atoms with van der Waals surface area (Å²) < 4.78 is 3.81. The summed E-state index contributed by atoms with van der Waals surface area (Å²) in [6, 6.07) is 8.06. The summed E-state index contributed by atoms with van der Waals surface area (Å²) in [7, 11) is 1.96. The van der Waals surface area contributed by atoms with Gasteiger partial charge in [-0.3, -0.25) is 9.20 Å². The molecule has 1 N–H and O–H groups in total. The standard InChI is InChI=1S/C18H13N5O/c1-22-8-6-19-14(22)10-13-11-4-2-3-5-12(11)15-16(13)23-9-7-20-17(23)18(24)21-15/h2-10H,1H3,(H,21,24)/b13-10+. The van der Waals surface area contributed by atoms with E-state index in [1.54, 1.807) is 12.4 Å². The van der Waals surface area contributed by atoms with Gasteiger partial charge in [-0.1, -0.05) is 24.3 Å². The van der Waals surface area contributed by atoms with Gasteiger partial charge in [0.1, 0.15) is 5.82 Å². The fourth-order valence-corrected chi connectivity index (χ4v) is 3.32. The molecular weight excluding hydrogens is 302 g/mol. The van der Waals surface area contributed by atoms with E-state index in [1.807, 2.05) is 52.7 Å². The van der Waals surface area contributed by atoms with Gasteiger partial charge in [0, 0.05) is 42.4 Å². The molecule has 5 aromatic rings. The molecule has 0 atom stereocenters. The number of hydrogen-bond donors (Lipinski definition) is 1. The van der Waals surface area contributed by atoms with Gasteiger partial charge in [-0.25, -0.2) is 9.97 Å². The minimum Gasteiger partial charge on any atom is -0.335 e. The molecule has 0 amide bonds. The number of nitrogens with one attached hydrogen (secondary N) is 1. The number of benzene rings is 1. The summed E-state index contributed by atoms with van der Waals surface area (Å²) in [4.78, 5) is 23.9. The van der Waals surface area contributed by atoms with Gasteiger partial charge in [-0.15, -0.1) is 0 Å². The van der Waals surface area contributed by atoms with Crippen molar-refractivity contribution >= 4 is 33.5 Å². The Morgan fingerprint density at radius 2 is 1.88 bits per heavy atom. The van der Waals surface area contributed by atoms with Gasteiger partial charge in [0.05, 0.1) is 11.0 Å². The van der Waals surface area contributed by atoms with Crippen LogP contribution in [0, 0.1) is 0 Å². The van der Waals surface area contributed by atoms with E-state index in [4.69, 9.17) is 0 Å². The van der Waals surface area contributed by atoms with Crippen molar-refractivity contribution in [3.8, 4) is 0 Å². The van der Waals surface area contributed by atoms with E-state index in [1.165, 1.54) is 0 Å². The quantitative estimate of drug-likeness (QED) is 0.511. The Labute approximate surface area is 135 Å². The van der Waals surface area contributed by atoms with Crippen LogP contribution in [0.15, 0.2) is 53.8 Å². The van der Waals surface area contributed by atoms with Crippen LogP contribution in [0.1, 0.15) is 5.82 Å². The van der Waals surface area contributed by atoms with E-state index >= 15 is 0 Å². The van der Waals surface area contributed by atoms with Crippen LogP contribution < -0.4 is 10.8 Å². The predicted molar refractivity (Wildman–Crippen MR) is 92.8 cm³/mol. The second kappa shape index (κ2) is 4.55. The van der Waals surface area contributed by atoms with Crippen LogP contribution in [0.5, 0.6) is 0 Å². The van der Waals surface area contributed by atoms with Crippen molar-refractivity contribution in [2.45, 2.75) is 0 Å². The lowest BCUT2D eigenvalue weighted by molar-refractivity contribution is 0.897. The van der Waals surface area contributed by atoms with Crippen molar-refractivity contribution < 1.29 is 0 Å². The van der Waals surface area contributed by atoms with Crippen LogP contribution in [-0.2, 0) is 7.05 Å². The molecule has 6 nitrogen and oxygen atoms in total. The van der Waals surface area contributed by atoms with Gasteiger partial charge in [0.2, 0.25) is 5.65 Å². The number of hydrogen-bond acceptors (Lipinski definition) is 3. The molecule has 0 saturated heterocycles. The molecule has 0 unspecified atom stereocenters. The lowest BCUT2D eigenvalue weighted by Gasteiger charge is -1.98. The first-order chi connectivity index (χ1) is 11.7. The zero-order chi connectivity index (χ0) is 16.3. The van der Waals surface area contributed by atoms with Crippen molar-refractivity contribution in [1.82, 2.24) is 23.9 Å². The molecule has 0 radical (unpaired) electrons. The van der Waals surface area contributed by atoms with Crippen LogP contribution in [0.4, 0.5) is 0 Å². The number of aromatic nitrogens is 5. The molecule has 0 aliphatic rings. The first-order valence-corrected chi connectivity index (χ1v) is 7.62. The van der Waals surface area contributed by atoms with Crippen molar-refractivity contribution in [1.29, 1.82) is 0 Å². The number of rotatable bonds is 1. The number of imidazole rings is 2. The topological polar surface area (TPSA) is 68.0 Å². The lowest BCUT2D eigenvalue weighted by Crippen LogP contribution is -2.13. The lowest BCUT2D eigenvalue weighted by atomic mass is 10.2. The highest BCUT2D eigenvalue weighted by atomic mass is 16.1. The molecule has 0 fully saturated rings. The van der Waals surface area contributed by atoms with Crippen molar-refractivity contribution in [3.05, 3.63) is 70.4 Å². The molecule has 5 rings (SSSR count). The largest absolute Gasteiger partial charge is 0.335 e. The number of fused-ring (bicyclic) bond motifs is 5. The van der Waals surface area contributed by atoms with E-state index in [0.29, 0.717) is 5.65 Å². The molecule has 0 saturated carbocycles. The molecule has 6 heteroatoms. The molecule has 2 aromatic carbocycles. The summed E-state index contributed by atoms with van der Waals surface area (Å²) in [5, 5.41) is 3.11. The van der Waals surface area contributed by atoms with Gasteiger partial charge >= 0.3 is 0 Å². The Morgan fingerprint density at radius 3 is 2.67 bits per heavy atom. The van der Waals surface area contributed by atoms with Crippen molar-refractivity contribution in [2.24, 2.45) is 7.05 Å². The number of aryl methyl sites for hydroxylation is 1. The van der Waals surface area contributed by atoms with Gasteiger partial charge in [0.15, 0.2) is 0 Å². The molecule has 0 bridgehead atoms. The van der Waals surface area contributed by atoms with E-state index in [2.05, 4.69) is 21.0 Å². The molecule has 24 heavy (non-hydrogen) atoms. The van der Waals surface area contributed by atoms with Gasteiger partial charge in [0.25, 0.3) is 5.56 Å². The summed E-state index contributed by atoms with van der Waals surface area (Å²) in [6.07, 6.45) is 9.19. The minimum atomic E-state index is -0.188. The maximum atomic E-state index is 12.3. The molecule has 116 valence electrons. The van der Waals surface area contributed by atoms with Gasteiger partial charge in [-0.2, -0.15) is 0 Å². The zero-order valence-corrected chi connectivity index (χ0v) is 12.9. The first-order valence-electron chi connectivity index (χ1n) is 7.62. The van der Waals surface area contributed by atoms with Crippen LogP contribution in [0.3, 0.4) is 0 Å². The van der Waals surface area contributed by atoms with Crippen molar-refractivity contribution in [3.63, 3.8) is 0 Å². The highest BCUT2D eigenvalue weighted by molar-refractivity contribution is 6.09. The van der Waals surface area contributed by atoms with Gasteiger partial charge < -0.3 is 9.55 Å². The SMILES string of the molecule is Cn1ccnc1/C=c1\c2ccccc2c2[nH]c(=O)c3nccn3c12. The van der Waals surface area contributed by atoms with E-state index in [-0.39, 0.29) is 5.56 Å². The summed E-state index contributed by atoms with van der Waals surface area (Å²) in [5.41, 5.74) is 1.96. The van der Waals surface area contributed by atoms with Gasteiger partial charge in [-0.05, 0) is 11.5 Å². The second-order valence-corrected chi connectivity index (χ2v) is 5.80. The van der Waals surface area contributed by atoms with Crippen LogP contribution in [0.25, 0.3) is 33.5 Å². The first kappa shape index (κ1) is 13.1. The molecule has 0 spiro atoms.